The summed E-state index contributed by atoms with van der Waals surface area (Å²) >= 11 is 0. The van der Waals surface area contributed by atoms with E-state index in [2.05, 4.69) is 24.3 Å². The van der Waals surface area contributed by atoms with E-state index in [0.717, 1.165) is 24.8 Å². The Balaban J connectivity index is 1.95. The Morgan fingerprint density at radius 3 is 2.86 bits per heavy atom. The number of fused-ring (bicyclic) bond motifs is 1. The van der Waals surface area contributed by atoms with Crippen molar-refractivity contribution < 1.29 is 4.74 Å². The van der Waals surface area contributed by atoms with Crippen LogP contribution in [0.15, 0.2) is 42.5 Å². The van der Waals surface area contributed by atoms with E-state index < -0.39 is 0 Å². The lowest BCUT2D eigenvalue weighted by atomic mass is 9.89. The highest BCUT2D eigenvalue weighted by Crippen LogP contribution is 2.34. The quantitative estimate of drug-likeness (QED) is 0.664. The average Bonchev–Trinajstić information content (AvgIpc) is 2.47. The Morgan fingerprint density at radius 1 is 1.24 bits per heavy atom. The van der Waals surface area contributed by atoms with Crippen molar-refractivity contribution in [1.29, 1.82) is 5.41 Å². The van der Waals surface area contributed by atoms with Crippen LogP contribution in [0.3, 0.4) is 0 Å². The molecule has 0 heterocycles. The third kappa shape index (κ3) is 2.77. The fraction of sp³-hybridized carbons (Fsp3) is 0.278. The van der Waals surface area contributed by atoms with Crippen LogP contribution in [0.1, 0.15) is 41.2 Å². The first-order chi connectivity index (χ1) is 10.1. The van der Waals surface area contributed by atoms with Crippen molar-refractivity contribution in [2.24, 2.45) is 5.73 Å². The van der Waals surface area contributed by atoms with Crippen LogP contribution in [0.5, 0.6) is 5.75 Å². The summed E-state index contributed by atoms with van der Waals surface area (Å²) in [5, 5.41) is 7.71. The summed E-state index contributed by atoms with van der Waals surface area (Å²) in [5.41, 5.74) is 10.1. The predicted molar refractivity (Wildman–Crippen MR) is 84.9 cm³/mol. The molecule has 0 radical (unpaired) electrons. The smallest absolute Gasteiger partial charge is 0.131 e. The van der Waals surface area contributed by atoms with Crippen molar-refractivity contribution in [3.63, 3.8) is 0 Å². The topological polar surface area (TPSA) is 59.1 Å². The molecule has 0 fully saturated rings. The van der Waals surface area contributed by atoms with Crippen LogP contribution in [0.2, 0.25) is 0 Å². The Hall–Kier alpha value is -2.29. The third-order valence-electron chi connectivity index (χ3n) is 4.01. The van der Waals surface area contributed by atoms with Gasteiger partial charge in [-0.1, -0.05) is 30.3 Å². The Labute approximate surface area is 125 Å². The molecule has 3 nitrogen and oxygen atoms in total. The molecule has 1 aliphatic rings. The molecular formula is C18H20N2O. The summed E-state index contributed by atoms with van der Waals surface area (Å²) in [7, 11) is 0. The largest absolute Gasteiger partial charge is 0.485 e. The Kier molecular flexibility index (Phi) is 3.65. The van der Waals surface area contributed by atoms with Gasteiger partial charge in [-0.25, -0.2) is 0 Å². The van der Waals surface area contributed by atoms with Crippen molar-refractivity contribution in [3.8, 4) is 5.75 Å². The number of hydrogen-bond donors (Lipinski definition) is 2. The fourth-order valence-corrected chi connectivity index (χ4v) is 2.93. The molecule has 0 saturated carbocycles. The van der Waals surface area contributed by atoms with Crippen LogP contribution >= 0.6 is 0 Å². The SMILES string of the molecule is Cc1ccc(C(=N)N)c(OC2CCCc3ccccc32)c1. The highest BCUT2D eigenvalue weighted by molar-refractivity contribution is 5.97. The summed E-state index contributed by atoms with van der Waals surface area (Å²) in [6.07, 6.45) is 3.30. The Morgan fingerprint density at radius 2 is 2.05 bits per heavy atom. The summed E-state index contributed by atoms with van der Waals surface area (Å²) < 4.78 is 6.23. The van der Waals surface area contributed by atoms with Gasteiger partial charge in [0.2, 0.25) is 0 Å². The van der Waals surface area contributed by atoms with E-state index in [1.807, 2.05) is 25.1 Å². The molecule has 0 aliphatic heterocycles. The maximum absolute atomic E-state index is 7.71. The number of benzene rings is 2. The molecule has 1 unspecified atom stereocenters. The van der Waals surface area contributed by atoms with E-state index in [1.165, 1.54) is 11.1 Å². The number of nitrogens with one attached hydrogen (secondary N) is 1. The molecule has 0 amide bonds. The fourth-order valence-electron chi connectivity index (χ4n) is 2.93. The zero-order chi connectivity index (χ0) is 14.8. The molecular weight excluding hydrogens is 260 g/mol. The Bertz CT molecular complexity index is 679. The van der Waals surface area contributed by atoms with Crippen LogP contribution in [0.4, 0.5) is 0 Å². The van der Waals surface area contributed by atoms with Gasteiger partial charge in [0, 0.05) is 0 Å². The second-order valence-corrected chi connectivity index (χ2v) is 5.61. The van der Waals surface area contributed by atoms with Crippen molar-refractivity contribution in [2.75, 3.05) is 0 Å². The zero-order valence-electron chi connectivity index (χ0n) is 12.2. The molecule has 21 heavy (non-hydrogen) atoms. The van der Waals surface area contributed by atoms with Crippen molar-refractivity contribution in [1.82, 2.24) is 0 Å². The minimum atomic E-state index is 0.0501. The molecule has 1 atom stereocenters. The van der Waals surface area contributed by atoms with E-state index in [-0.39, 0.29) is 11.9 Å². The molecule has 0 spiro atoms. The minimum absolute atomic E-state index is 0.0501. The van der Waals surface area contributed by atoms with Crippen LogP contribution in [0, 0.1) is 12.3 Å². The molecule has 2 aromatic carbocycles. The molecule has 108 valence electrons. The van der Waals surface area contributed by atoms with Gasteiger partial charge in [0.15, 0.2) is 0 Å². The highest BCUT2D eigenvalue weighted by atomic mass is 16.5. The number of nitrogen functional groups attached to an aromatic ring is 1. The standard InChI is InChI=1S/C18H20N2O/c1-12-9-10-15(18(19)20)17(11-12)21-16-8-4-6-13-5-2-3-7-14(13)16/h2-3,5,7,9-11,16H,4,6,8H2,1H3,(H3,19,20). The number of ether oxygens (including phenoxy) is 1. The number of amidine groups is 1. The van der Waals surface area contributed by atoms with Gasteiger partial charge < -0.3 is 10.5 Å². The normalized spacial score (nSPS) is 17.1. The van der Waals surface area contributed by atoms with Crippen LogP contribution in [-0.2, 0) is 6.42 Å². The minimum Gasteiger partial charge on any atom is -0.485 e. The first kappa shape index (κ1) is 13.7. The van der Waals surface area contributed by atoms with Crippen molar-refractivity contribution in [2.45, 2.75) is 32.3 Å². The maximum atomic E-state index is 7.71. The second-order valence-electron chi connectivity index (χ2n) is 5.61. The van der Waals surface area contributed by atoms with Gasteiger partial charge in [-0.05, 0) is 55.0 Å². The summed E-state index contributed by atoms with van der Waals surface area (Å²) in [6, 6.07) is 14.2. The van der Waals surface area contributed by atoms with Crippen LogP contribution in [0.25, 0.3) is 0 Å². The van der Waals surface area contributed by atoms with E-state index >= 15 is 0 Å². The summed E-state index contributed by atoms with van der Waals surface area (Å²) in [5.74, 6) is 0.762. The van der Waals surface area contributed by atoms with E-state index in [4.69, 9.17) is 15.9 Å². The predicted octanol–water partition coefficient (Wildman–Crippen LogP) is 3.74. The van der Waals surface area contributed by atoms with Gasteiger partial charge in [0.05, 0.1) is 5.56 Å². The molecule has 0 bridgehead atoms. The van der Waals surface area contributed by atoms with Gasteiger partial charge in [-0.3, -0.25) is 5.41 Å². The molecule has 0 aromatic heterocycles. The molecule has 2 aromatic rings. The number of aryl methyl sites for hydroxylation is 2. The van der Waals surface area contributed by atoms with Gasteiger partial charge >= 0.3 is 0 Å². The monoisotopic (exact) mass is 280 g/mol. The molecule has 3 heteroatoms. The van der Waals surface area contributed by atoms with Gasteiger partial charge in [0.1, 0.15) is 17.7 Å². The van der Waals surface area contributed by atoms with Crippen LogP contribution < -0.4 is 10.5 Å². The molecule has 0 saturated heterocycles. The third-order valence-corrected chi connectivity index (χ3v) is 4.01. The maximum Gasteiger partial charge on any atom is 0.131 e. The van der Waals surface area contributed by atoms with Gasteiger partial charge in [-0.2, -0.15) is 0 Å². The lowest BCUT2D eigenvalue weighted by Crippen LogP contribution is -2.18. The zero-order valence-corrected chi connectivity index (χ0v) is 12.2. The highest BCUT2D eigenvalue weighted by Gasteiger charge is 2.22. The second kappa shape index (κ2) is 5.60. The lowest BCUT2D eigenvalue weighted by molar-refractivity contribution is 0.183. The summed E-state index contributed by atoms with van der Waals surface area (Å²) in [6.45, 7) is 2.02. The summed E-state index contributed by atoms with van der Waals surface area (Å²) in [4.78, 5) is 0. The number of nitrogens with two attached hydrogens (primary N) is 1. The van der Waals surface area contributed by atoms with E-state index in [9.17, 15) is 0 Å². The first-order valence-corrected chi connectivity index (χ1v) is 7.34. The molecule has 1 aliphatic carbocycles. The number of rotatable bonds is 3. The van der Waals surface area contributed by atoms with Crippen molar-refractivity contribution in [3.05, 3.63) is 64.7 Å². The van der Waals surface area contributed by atoms with E-state index in [1.54, 1.807) is 0 Å². The van der Waals surface area contributed by atoms with Crippen LogP contribution in [-0.4, -0.2) is 5.84 Å². The first-order valence-electron chi connectivity index (χ1n) is 7.34. The lowest BCUT2D eigenvalue weighted by Gasteiger charge is -2.27. The number of hydrogen-bond acceptors (Lipinski definition) is 2. The van der Waals surface area contributed by atoms with Gasteiger partial charge in [0.25, 0.3) is 0 Å². The molecule has 3 rings (SSSR count). The van der Waals surface area contributed by atoms with E-state index in [0.29, 0.717) is 11.3 Å². The average molecular weight is 280 g/mol. The van der Waals surface area contributed by atoms with Crippen molar-refractivity contribution >= 4 is 5.84 Å². The van der Waals surface area contributed by atoms with Gasteiger partial charge in [-0.15, -0.1) is 0 Å². The molecule has 3 N–H and O–H groups in total.